The fraction of sp³-hybridized carbons (Fsp3) is 0.115. The van der Waals surface area contributed by atoms with Crippen molar-refractivity contribution in [3.05, 3.63) is 95.6 Å². The van der Waals surface area contributed by atoms with Crippen molar-refractivity contribution in [2.45, 2.75) is 20.0 Å². The van der Waals surface area contributed by atoms with Crippen LogP contribution < -0.4 is 10.5 Å². The number of carbonyl (C=O) groups excluding carboxylic acids is 1. The second-order valence-corrected chi connectivity index (χ2v) is 7.44. The Morgan fingerprint density at radius 3 is 2.33 bits per heavy atom. The molecule has 5 rings (SSSR count). The van der Waals surface area contributed by atoms with Gasteiger partial charge in [0.25, 0.3) is 5.91 Å². The second-order valence-electron chi connectivity index (χ2n) is 7.44. The van der Waals surface area contributed by atoms with Gasteiger partial charge in [0.05, 0.1) is 22.1 Å². The van der Waals surface area contributed by atoms with Gasteiger partial charge in [-0.3, -0.25) is 4.79 Å². The second kappa shape index (κ2) is 7.23. The zero-order valence-corrected chi connectivity index (χ0v) is 16.8. The van der Waals surface area contributed by atoms with E-state index in [-0.39, 0.29) is 0 Å². The number of amides is 1. The van der Waals surface area contributed by atoms with Crippen LogP contribution in [0.15, 0.2) is 78.9 Å². The van der Waals surface area contributed by atoms with Crippen LogP contribution in [-0.4, -0.2) is 10.3 Å². The topological polar surface area (TPSA) is 56.7 Å². The molecular formula is C26H22N2O2. The Kier molecular flexibility index (Phi) is 4.40. The lowest BCUT2D eigenvalue weighted by Crippen LogP contribution is -2.10. The van der Waals surface area contributed by atoms with E-state index in [1.54, 1.807) is 0 Å². The maximum atomic E-state index is 12.0. The van der Waals surface area contributed by atoms with Gasteiger partial charge >= 0.3 is 0 Å². The van der Waals surface area contributed by atoms with Gasteiger partial charge in [-0.1, -0.05) is 55.5 Å². The number of benzene rings is 2. The van der Waals surface area contributed by atoms with Gasteiger partial charge in [-0.15, -0.1) is 0 Å². The van der Waals surface area contributed by atoms with Crippen molar-refractivity contribution >= 4 is 22.5 Å². The lowest BCUT2D eigenvalue weighted by Gasteiger charge is -2.08. The van der Waals surface area contributed by atoms with Crippen molar-refractivity contribution in [3.8, 4) is 16.9 Å². The number of hydrogen-bond donors (Lipinski definition) is 1. The third-order valence-electron chi connectivity index (χ3n) is 5.67. The van der Waals surface area contributed by atoms with Crippen molar-refractivity contribution in [1.29, 1.82) is 0 Å². The Morgan fingerprint density at radius 1 is 0.900 bits per heavy atom. The molecule has 0 atom stereocenters. The van der Waals surface area contributed by atoms with E-state index in [4.69, 9.17) is 10.5 Å². The number of rotatable bonds is 6. The molecule has 5 aromatic rings. The van der Waals surface area contributed by atoms with Gasteiger partial charge in [-0.2, -0.15) is 0 Å². The molecule has 0 aliphatic rings. The number of nitrogens with zero attached hydrogens (tertiary/aromatic N) is 1. The molecule has 0 fully saturated rings. The zero-order valence-electron chi connectivity index (χ0n) is 16.8. The quantitative estimate of drug-likeness (QED) is 0.417. The Labute approximate surface area is 174 Å². The van der Waals surface area contributed by atoms with E-state index < -0.39 is 5.91 Å². The van der Waals surface area contributed by atoms with Crippen molar-refractivity contribution < 1.29 is 9.53 Å². The normalized spacial score (nSPS) is 11.4. The fourth-order valence-electron chi connectivity index (χ4n) is 4.29. The average Bonchev–Trinajstić information content (AvgIpc) is 3.32. The first-order valence-corrected chi connectivity index (χ1v) is 10.1. The van der Waals surface area contributed by atoms with Crippen LogP contribution in [0.25, 0.3) is 27.7 Å². The van der Waals surface area contributed by atoms with Crippen LogP contribution in [0.1, 0.15) is 28.4 Å². The van der Waals surface area contributed by atoms with Gasteiger partial charge in [0.1, 0.15) is 12.4 Å². The molecule has 148 valence electrons. The Morgan fingerprint density at radius 2 is 1.63 bits per heavy atom. The number of pyridine rings is 1. The summed E-state index contributed by atoms with van der Waals surface area (Å²) in [6.07, 6.45) is 0.897. The average molecular weight is 394 g/mol. The van der Waals surface area contributed by atoms with Gasteiger partial charge in [0, 0.05) is 5.56 Å². The minimum Gasteiger partial charge on any atom is -0.489 e. The Bertz CT molecular complexity index is 1330. The van der Waals surface area contributed by atoms with Gasteiger partial charge in [-0.25, -0.2) is 0 Å². The molecule has 2 N–H and O–H groups in total. The van der Waals surface area contributed by atoms with Crippen LogP contribution in [0, 0.1) is 0 Å². The molecule has 0 spiro atoms. The zero-order chi connectivity index (χ0) is 20.7. The smallest absolute Gasteiger partial charge is 0.250 e. The monoisotopic (exact) mass is 394 g/mol. The predicted molar refractivity (Wildman–Crippen MR) is 120 cm³/mol. The number of ether oxygens (including phenoxy) is 1. The first-order valence-electron chi connectivity index (χ1n) is 10.1. The van der Waals surface area contributed by atoms with E-state index in [9.17, 15) is 4.79 Å². The SMILES string of the molecule is CCc1c(-c2ccc(OCc3ccccc3)cc2)c2cc(C(N)=O)c3cccc1n32. The highest BCUT2D eigenvalue weighted by Gasteiger charge is 2.21. The van der Waals surface area contributed by atoms with Crippen molar-refractivity contribution in [1.82, 2.24) is 4.40 Å². The van der Waals surface area contributed by atoms with Crippen LogP contribution in [-0.2, 0) is 13.0 Å². The number of carbonyl (C=O) groups is 1. The number of primary amides is 1. The van der Waals surface area contributed by atoms with Gasteiger partial charge in [-0.05, 0) is 53.4 Å². The van der Waals surface area contributed by atoms with Gasteiger partial charge in [0.15, 0.2) is 0 Å². The summed E-state index contributed by atoms with van der Waals surface area (Å²) in [4.78, 5) is 12.0. The van der Waals surface area contributed by atoms with Crippen LogP contribution >= 0.6 is 0 Å². The van der Waals surface area contributed by atoms with E-state index in [2.05, 4.69) is 41.7 Å². The Balaban J connectivity index is 1.56. The maximum absolute atomic E-state index is 12.0. The standard InChI is InChI=1S/C26H22N2O2/c1-2-20-22-9-6-10-23-21(26(27)29)15-24(28(22)23)25(20)18-11-13-19(14-12-18)30-16-17-7-4-3-5-8-17/h3-15H,2,16H2,1H3,(H2,27,29). The first kappa shape index (κ1) is 18.3. The summed E-state index contributed by atoms with van der Waals surface area (Å²) in [5, 5.41) is 0. The summed E-state index contributed by atoms with van der Waals surface area (Å²) >= 11 is 0. The molecule has 3 heterocycles. The molecule has 0 saturated carbocycles. The summed E-state index contributed by atoms with van der Waals surface area (Å²) in [5.74, 6) is 0.426. The molecule has 0 radical (unpaired) electrons. The summed E-state index contributed by atoms with van der Waals surface area (Å²) in [6.45, 7) is 2.70. The lowest BCUT2D eigenvalue weighted by molar-refractivity contribution is 0.100. The number of nitrogens with two attached hydrogens (primary N) is 1. The van der Waals surface area contributed by atoms with Crippen molar-refractivity contribution in [2.75, 3.05) is 0 Å². The van der Waals surface area contributed by atoms with Gasteiger partial charge < -0.3 is 14.9 Å². The molecule has 4 nitrogen and oxygen atoms in total. The lowest BCUT2D eigenvalue weighted by atomic mass is 9.99. The molecule has 0 unspecified atom stereocenters. The number of aromatic nitrogens is 1. The number of aryl methyl sites for hydroxylation is 1. The van der Waals surface area contributed by atoms with E-state index in [1.807, 2.05) is 48.5 Å². The number of hydrogen-bond acceptors (Lipinski definition) is 2. The molecule has 2 aromatic carbocycles. The van der Waals surface area contributed by atoms with E-state index in [1.165, 1.54) is 5.56 Å². The predicted octanol–water partition coefficient (Wildman–Crippen LogP) is 5.44. The summed E-state index contributed by atoms with van der Waals surface area (Å²) in [6, 6.07) is 26.2. The summed E-state index contributed by atoms with van der Waals surface area (Å²) in [7, 11) is 0. The molecular weight excluding hydrogens is 372 g/mol. The first-order chi connectivity index (χ1) is 14.7. The summed E-state index contributed by atoms with van der Waals surface area (Å²) in [5.41, 5.74) is 13.8. The van der Waals surface area contributed by atoms with Crippen LogP contribution in [0.5, 0.6) is 5.75 Å². The third kappa shape index (κ3) is 2.89. The van der Waals surface area contributed by atoms with Crippen molar-refractivity contribution in [2.24, 2.45) is 5.73 Å². The molecule has 0 bridgehead atoms. The van der Waals surface area contributed by atoms with Crippen molar-refractivity contribution in [3.63, 3.8) is 0 Å². The van der Waals surface area contributed by atoms with E-state index >= 15 is 0 Å². The molecule has 1 amide bonds. The third-order valence-corrected chi connectivity index (χ3v) is 5.67. The highest BCUT2D eigenvalue weighted by atomic mass is 16.5. The van der Waals surface area contributed by atoms with Gasteiger partial charge in [0.2, 0.25) is 0 Å². The molecule has 0 aliphatic carbocycles. The highest BCUT2D eigenvalue weighted by Crippen LogP contribution is 2.39. The Hall–Kier alpha value is -3.79. The molecule has 3 aromatic heterocycles. The molecule has 0 saturated heterocycles. The molecule has 4 heteroatoms. The minimum absolute atomic E-state index is 0.403. The highest BCUT2D eigenvalue weighted by molar-refractivity contribution is 6.07. The fourth-order valence-corrected chi connectivity index (χ4v) is 4.29. The largest absolute Gasteiger partial charge is 0.489 e. The molecule has 30 heavy (non-hydrogen) atoms. The minimum atomic E-state index is -0.403. The van der Waals surface area contributed by atoms with E-state index in [0.717, 1.165) is 45.4 Å². The van der Waals surface area contributed by atoms with Crippen LogP contribution in [0.3, 0.4) is 0 Å². The molecule has 0 aliphatic heterocycles. The van der Waals surface area contributed by atoms with Crippen LogP contribution in [0.4, 0.5) is 0 Å². The summed E-state index contributed by atoms with van der Waals surface area (Å²) < 4.78 is 8.08. The van der Waals surface area contributed by atoms with Crippen LogP contribution in [0.2, 0.25) is 0 Å². The maximum Gasteiger partial charge on any atom is 0.250 e. The van der Waals surface area contributed by atoms with E-state index in [0.29, 0.717) is 12.2 Å².